The highest BCUT2D eigenvalue weighted by Gasteiger charge is 2.19. The Hall–Kier alpha value is -3.78. The van der Waals surface area contributed by atoms with Crippen LogP contribution in [0.2, 0.25) is 0 Å². The fraction of sp³-hybridized carbons (Fsp3) is 0.296. The van der Waals surface area contributed by atoms with E-state index in [4.69, 9.17) is 5.73 Å². The van der Waals surface area contributed by atoms with E-state index in [2.05, 4.69) is 38.6 Å². The first kappa shape index (κ1) is 23.0. The number of aryl methyl sites for hydroxylation is 1. The van der Waals surface area contributed by atoms with Gasteiger partial charge in [0.1, 0.15) is 11.6 Å². The van der Waals surface area contributed by atoms with Gasteiger partial charge >= 0.3 is 0 Å². The summed E-state index contributed by atoms with van der Waals surface area (Å²) in [5.41, 5.74) is 10.0. The van der Waals surface area contributed by atoms with Crippen LogP contribution >= 0.6 is 0 Å². The Labute approximate surface area is 203 Å². The SMILES string of the molecule is Cc1nc2cc(-c3cc(-c4ccc(N5CCN(C(C)C)CC5)cc4)c(F)nc3N)ccc2c(=O)[nH]1. The molecule has 3 N–H and O–H groups in total. The molecule has 7 nitrogen and oxygen atoms in total. The number of hydrogen-bond donors (Lipinski definition) is 2. The number of rotatable bonds is 4. The zero-order valence-electron chi connectivity index (χ0n) is 20.2. The van der Waals surface area contributed by atoms with E-state index in [-0.39, 0.29) is 11.4 Å². The van der Waals surface area contributed by atoms with Crippen LogP contribution in [0.5, 0.6) is 0 Å². The first-order valence-corrected chi connectivity index (χ1v) is 11.9. The molecule has 8 heteroatoms. The van der Waals surface area contributed by atoms with Gasteiger partial charge in [-0.25, -0.2) is 9.97 Å². The van der Waals surface area contributed by atoms with Gasteiger partial charge in [-0.1, -0.05) is 18.2 Å². The number of aromatic nitrogens is 3. The van der Waals surface area contributed by atoms with Crippen molar-refractivity contribution in [2.24, 2.45) is 0 Å². The molecular weight excluding hydrogens is 443 g/mol. The fourth-order valence-corrected chi connectivity index (χ4v) is 4.71. The monoisotopic (exact) mass is 472 g/mol. The number of halogens is 1. The van der Waals surface area contributed by atoms with Crippen molar-refractivity contribution in [1.29, 1.82) is 0 Å². The Morgan fingerprint density at radius 2 is 1.63 bits per heavy atom. The van der Waals surface area contributed by atoms with Crippen LogP contribution in [0.3, 0.4) is 0 Å². The van der Waals surface area contributed by atoms with E-state index in [1.54, 1.807) is 31.2 Å². The average molecular weight is 473 g/mol. The molecule has 0 spiro atoms. The molecule has 3 heterocycles. The molecule has 35 heavy (non-hydrogen) atoms. The Kier molecular flexibility index (Phi) is 5.98. The van der Waals surface area contributed by atoms with Gasteiger partial charge in [0.25, 0.3) is 5.56 Å². The maximum absolute atomic E-state index is 14.9. The molecule has 1 aliphatic heterocycles. The van der Waals surface area contributed by atoms with Crippen molar-refractivity contribution in [2.45, 2.75) is 26.8 Å². The first-order valence-electron chi connectivity index (χ1n) is 11.9. The molecule has 4 aromatic rings. The van der Waals surface area contributed by atoms with Crippen LogP contribution in [-0.2, 0) is 0 Å². The Balaban J connectivity index is 1.46. The molecule has 0 atom stereocenters. The molecule has 0 aliphatic carbocycles. The number of nitrogens with zero attached hydrogens (tertiary/aromatic N) is 4. The summed E-state index contributed by atoms with van der Waals surface area (Å²) in [7, 11) is 0. The molecule has 1 saturated heterocycles. The van der Waals surface area contributed by atoms with Crippen LogP contribution in [0.4, 0.5) is 15.9 Å². The molecule has 0 unspecified atom stereocenters. The van der Waals surface area contributed by atoms with E-state index < -0.39 is 5.95 Å². The van der Waals surface area contributed by atoms with Gasteiger partial charge < -0.3 is 15.6 Å². The van der Waals surface area contributed by atoms with E-state index in [9.17, 15) is 9.18 Å². The molecular formula is C27H29FN6O. The average Bonchev–Trinajstić information content (AvgIpc) is 2.84. The van der Waals surface area contributed by atoms with Crippen LogP contribution < -0.4 is 16.2 Å². The second-order valence-electron chi connectivity index (χ2n) is 9.31. The Morgan fingerprint density at radius 1 is 0.943 bits per heavy atom. The van der Waals surface area contributed by atoms with Gasteiger partial charge in [-0.05, 0) is 62.2 Å². The van der Waals surface area contributed by atoms with Crippen molar-refractivity contribution in [3.05, 3.63) is 70.7 Å². The molecule has 0 bridgehead atoms. The number of nitrogens with two attached hydrogens (primary N) is 1. The topological polar surface area (TPSA) is 91.1 Å². The van der Waals surface area contributed by atoms with Gasteiger partial charge in [0.2, 0.25) is 5.95 Å². The maximum atomic E-state index is 14.9. The fourth-order valence-electron chi connectivity index (χ4n) is 4.71. The van der Waals surface area contributed by atoms with Gasteiger partial charge in [0.15, 0.2) is 0 Å². The number of H-pyrrole nitrogens is 1. The normalized spacial score (nSPS) is 14.7. The lowest BCUT2D eigenvalue weighted by Gasteiger charge is -2.38. The predicted molar refractivity (Wildman–Crippen MR) is 139 cm³/mol. The van der Waals surface area contributed by atoms with Gasteiger partial charge in [-0.2, -0.15) is 4.39 Å². The Morgan fingerprint density at radius 3 is 2.31 bits per heavy atom. The number of nitrogens with one attached hydrogen (secondary N) is 1. The summed E-state index contributed by atoms with van der Waals surface area (Å²) in [6, 6.07) is 15.5. The van der Waals surface area contributed by atoms with E-state index in [0.29, 0.717) is 33.9 Å². The molecule has 0 radical (unpaired) electrons. The standard InChI is InChI=1S/C27H29FN6O/c1-16(2)33-10-12-34(13-11-33)20-7-4-18(5-8-20)22-15-23(26(29)32-25(22)28)19-6-9-21-24(14-19)30-17(3)31-27(21)35/h4-9,14-16H,10-13H2,1-3H3,(H2,29,32)(H,30,31,35). The number of hydrogen-bond acceptors (Lipinski definition) is 6. The zero-order valence-corrected chi connectivity index (χ0v) is 20.2. The number of anilines is 2. The van der Waals surface area contributed by atoms with E-state index >= 15 is 0 Å². The number of benzene rings is 2. The number of pyridine rings is 1. The lowest BCUT2D eigenvalue weighted by atomic mass is 9.99. The van der Waals surface area contributed by atoms with Gasteiger partial charge in [0, 0.05) is 49.0 Å². The lowest BCUT2D eigenvalue weighted by Crippen LogP contribution is -2.48. The van der Waals surface area contributed by atoms with E-state index in [1.165, 1.54) is 0 Å². The molecule has 180 valence electrons. The summed E-state index contributed by atoms with van der Waals surface area (Å²) in [5, 5.41) is 0.484. The van der Waals surface area contributed by atoms with Crippen LogP contribution in [0.25, 0.3) is 33.2 Å². The van der Waals surface area contributed by atoms with E-state index in [1.807, 2.05) is 24.3 Å². The van der Waals surface area contributed by atoms with Crippen molar-refractivity contribution in [3.63, 3.8) is 0 Å². The molecule has 1 fully saturated rings. The third kappa shape index (κ3) is 4.49. The highest BCUT2D eigenvalue weighted by atomic mass is 19.1. The van der Waals surface area contributed by atoms with Gasteiger partial charge in [-0.3, -0.25) is 9.69 Å². The summed E-state index contributed by atoms with van der Waals surface area (Å²) >= 11 is 0. The van der Waals surface area contributed by atoms with Crippen LogP contribution in [0.1, 0.15) is 19.7 Å². The quantitative estimate of drug-likeness (QED) is 0.433. The van der Waals surface area contributed by atoms with Crippen molar-refractivity contribution in [3.8, 4) is 22.3 Å². The van der Waals surface area contributed by atoms with Crippen LogP contribution in [-0.4, -0.2) is 52.1 Å². The Bertz CT molecular complexity index is 1440. The second-order valence-corrected chi connectivity index (χ2v) is 9.31. The molecule has 2 aromatic carbocycles. The third-order valence-corrected chi connectivity index (χ3v) is 6.73. The lowest BCUT2D eigenvalue weighted by molar-refractivity contribution is 0.209. The van der Waals surface area contributed by atoms with Gasteiger partial charge in [0.05, 0.1) is 10.9 Å². The van der Waals surface area contributed by atoms with Crippen molar-refractivity contribution in [2.75, 3.05) is 36.8 Å². The second kappa shape index (κ2) is 9.11. The molecule has 0 saturated carbocycles. The number of aromatic amines is 1. The number of nitrogen functional groups attached to an aromatic ring is 1. The molecule has 2 aromatic heterocycles. The minimum atomic E-state index is -0.615. The van der Waals surface area contributed by atoms with Crippen molar-refractivity contribution < 1.29 is 4.39 Å². The zero-order chi connectivity index (χ0) is 24.7. The molecule has 5 rings (SSSR count). The largest absolute Gasteiger partial charge is 0.383 e. The molecule has 0 amide bonds. The summed E-state index contributed by atoms with van der Waals surface area (Å²) in [5.74, 6) is -0.00110. The summed E-state index contributed by atoms with van der Waals surface area (Å²) in [6.45, 7) is 10.2. The van der Waals surface area contributed by atoms with Gasteiger partial charge in [-0.15, -0.1) is 0 Å². The summed E-state index contributed by atoms with van der Waals surface area (Å²) in [6.07, 6.45) is 0. The van der Waals surface area contributed by atoms with Crippen molar-refractivity contribution >= 4 is 22.4 Å². The predicted octanol–water partition coefficient (Wildman–Crippen LogP) is 4.21. The summed E-state index contributed by atoms with van der Waals surface area (Å²) < 4.78 is 14.9. The minimum Gasteiger partial charge on any atom is -0.383 e. The number of fused-ring (bicyclic) bond motifs is 1. The van der Waals surface area contributed by atoms with Crippen LogP contribution in [0, 0.1) is 12.9 Å². The smallest absolute Gasteiger partial charge is 0.258 e. The van der Waals surface area contributed by atoms with Crippen LogP contribution in [0.15, 0.2) is 53.3 Å². The minimum absolute atomic E-state index is 0.0896. The first-order chi connectivity index (χ1) is 16.8. The van der Waals surface area contributed by atoms with Crippen molar-refractivity contribution in [1.82, 2.24) is 19.9 Å². The van der Waals surface area contributed by atoms with E-state index in [0.717, 1.165) is 43.0 Å². The summed E-state index contributed by atoms with van der Waals surface area (Å²) in [4.78, 5) is 28.1. The molecule has 1 aliphatic rings. The highest BCUT2D eigenvalue weighted by Crippen LogP contribution is 2.33. The third-order valence-electron chi connectivity index (χ3n) is 6.73. The number of piperazine rings is 1. The highest BCUT2D eigenvalue weighted by molar-refractivity contribution is 5.87. The maximum Gasteiger partial charge on any atom is 0.258 e.